The first kappa shape index (κ1) is 24.7. The fraction of sp³-hybridized carbons (Fsp3) is 0.100. The second-order valence-corrected chi connectivity index (χ2v) is 8.50. The average Bonchev–Trinajstić information content (AvgIpc) is 3.37. The van der Waals surface area contributed by atoms with Crippen molar-refractivity contribution in [3.05, 3.63) is 103 Å². The number of furan rings is 1. The molecule has 0 saturated heterocycles. The minimum absolute atomic E-state index is 0.133. The van der Waals surface area contributed by atoms with Crippen molar-refractivity contribution in [3.63, 3.8) is 0 Å². The van der Waals surface area contributed by atoms with Gasteiger partial charge in [0, 0.05) is 16.8 Å². The van der Waals surface area contributed by atoms with E-state index < -0.39 is 6.04 Å². The van der Waals surface area contributed by atoms with Crippen LogP contribution in [0.3, 0.4) is 0 Å². The Kier molecular flexibility index (Phi) is 7.15. The summed E-state index contributed by atoms with van der Waals surface area (Å²) < 4.78 is 11.6. The largest absolute Gasteiger partial charge is 0.497 e. The van der Waals surface area contributed by atoms with Crippen LogP contribution >= 0.6 is 0 Å². The summed E-state index contributed by atoms with van der Waals surface area (Å²) in [4.78, 5) is 20.7. The third kappa shape index (κ3) is 4.98. The molecule has 3 aromatic carbocycles. The Morgan fingerprint density at radius 2 is 1.74 bits per heavy atom. The third-order valence-electron chi connectivity index (χ3n) is 6.16. The molecule has 38 heavy (non-hydrogen) atoms. The molecular formula is C30H26N4O4. The number of carbonyl (C=O) groups is 1. The Bertz CT molecular complexity index is 1560. The number of aliphatic hydroxyl groups excluding tert-OH is 1. The van der Waals surface area contributed by atoms with Crippen molar-refractivity contribution in [1.29, 1.82) is 0 Å². The van der Waals surface area contributed by atoms with Gasteiger partial charge in [-0.1, -0.05) is 49.0 Å². The fourth-order valence-electron chi connectivity index (χ4n) is 4.26. The molecule has 0 fully saturated rings. The third-order valence-corrected chi connectivity index (χ3v) is 6.16. The molecule has 0 aliphatic rings. The van der Waals surface area contributed by atoms with Crippen LogP contribution in [0.15, 0.2) is 102 Å². The molecule has 0 spiro atoms. The summed E-state index contributed by atoms with van der Waals surface area (Å²) in [6.45, 7) is 3.36. The van der Waals surface area contributed by atoms with E-state index in [9.17, 15) is 9.90 Å². The first-order valence-electron chi connectivity index (χ1n) is 12.0. The highest BCUT2D eigenvalue weighted by Crippen LogP contribution is 2.43. The van der Waals surface area contributed by atoms with Gasteiger partial charge in [-0.25, -0.2) is 9.97 Å². The summed E-state index contributed by atoms with van der Waals surface area (Å²) >= 11 is 0. The molecule has 190 valence electrons. The van der Waals surface area contributed by atoms with Crippen LogP contribution in [0.5, 0.6) is 5.75 Å². The van der Waals surface area contributed by atoms with Crippen LogP contribution in [0, 0.1) is 0 Å². The highest BCUT2D eigenvalue weighted by atomic mass is 16.5. The summed E-state index contributed by atoms with van der Waals surface area (Å²) in [7, 11) is 1.62. The van der Waals surface area contributed by atoms with Crippen molar-refractivity contribution in [2.45, 2.75) is 6.04 Å². The predicted octanol–water partition coefficient (Wildman–Crippen LogP) is 5.84. The van der Waals surface area contributed by atoms with Crippen molar-refractivity contribution in [3.8, 4) is 28.2 Å². The maximum Gasteiger partial charge on any atom is 0.247 e. The van der Waals surface area contributed by atoms with Crippen LogP contribution in [-0.2, 0) is 4.79 Å². The monoisotopic (exact) mass is 506 g/mol. The fourth-order valence-corrected chi connectivity index (χ4v) is 4.26. The molecule has 2 heterocycles. The summed E-state index contributed by atoms with van der Waals surface area (Å²) in [5, 5.41) is 17.0. The highest BCUT2D eigenvalue weighted by molar-refractivity contribution is 6.06. The van der Waals surface area contributed by atoms with Crippen LogP contribution in [-0.4, -0.2) is 34.7 Å². The van der Waals surface area contributed by atoms with Crippen LogP contribution in [0.4, 0.5) is 11.5 Å². The van der Waals surface area contributed by atoms with Gasteiger partial charge in [-0.2, -0.15) is 0 Å². The number of nitrogens with zero attached hydrogens (tertiary/aromatic N) is 2. The molecule has 1 atom stereocenters. The van der Waals surface area contributed by atoms with Crippen LogP contribution in [0.2, 0.25) is 0 Å². The zero-order chi connectivity index (χ0) is 26.5. The highest BCUT2D eigenvalue weighted by Gasteiger charge is 2.24. The van der Waals surface area contributed by atoms with E-state index >= 15 is 0 Å². The number of methoxy groups -OCH3 is 1. The van der Waals surface area contributed by atoms with Gasteiger partial charge in [-0.15, -0.1) is 0 Å². The maximum absolute atomic E-state index is 11.8. The Balaban J connectivity index is 1.66. The van der Waals surface area contributed by atoms with Gasteiger partial charge in [0.25, 0.3) is 0 Å². The van der Waals surface area contributed by atoms with Crippen molar-refractivity contribution in [2.75, 3.05) is 24.4 Å². The molecule has 1 amide bonds. The molecule has 8 nitrogen and oxygen atoms in total. The van der Waals surface area contributed by atoms with Gasteiger partial charge in [0.15, 0.2) is 0 Å². The number of carbonyl (C=O) groups excluding carboxylic acids is 1. The lowest BCUT2D eigenvalue weighted by molar-refractivity contribution is -0.111. The molecule has 0 aliphatic heterocycles. The van der Waals surface area contributed by atoms with Gasteiger partial charge in [-0.05, 0) is 53.6 Å². The summed E-state index contributed by atoms with van der Waals surface area (Å²) in [6, 6.07) is 24.2. The zero-order valence-corrected chi connectivity index (χ0v) is 20.7. The Morgan fingerprint density at radius 1 is 1.03 bits per heavy atom. The van der Waals surface area contributed by atoms with Crippen LogP contribution in [0.25, 0.3) is 33.6 Å². The molecule has 3 N–H and O–H groups in total. The van der Waals surface area contributed by atoms with Gasteiger partial charge >= 0.3 is 0 Å². The van der Waals surface area contributed by atoms with Crippen molar-refractivity contribution in [2.24, 2.45) is 0 Å². The number of hydrogen-bond donors (Lipinski definition) is 3. The number of aromatic nitrogens is 2. The SMILES string of the molecule is C=CC(=O)Nc1ccc(-c2c(-c3ccc(OC)cc3)oc3ncnc(N[C@H](CO)c4ccccc4)c23)cc1. The number of anilines is 2. The molecule has 0 bridgehead atoms. The number of hydrogen-bond acceptors (Lipinski definition) is 7. The van der Waals surface area contributed by atoms with E-state index in [1.807, 2.05) is 78.9 Å². The van der Waals surface area contributed by atoms with Crippen molar-refractivity contribution in [1.82, 2.24) is 9.97 Å². The number of fused-ring (bicyclic) bond motifs is 1. The normalized spacial score (nSPS) is 11.6. The lowest BCUT2D eigenvalue weighted by Crippen LogP contribution is -2.15. The van der Waals surface area contributed by atoms with Crippen LogP contribution in [0.1, 0.15) is 11.6 Å². The second-order valence-electron chi connectivity index (χ2n) is 8.50. The molecule has 2 aromatic heterocycles. The van der Waals surface area contributed by atoms with Gasteiger partial charge in [-0.3, -0.25) is 4.79 Å². The first-order valence-corrected chi connectivity index (χ1v) is 12.0. The summed E-state index contributed by atoms with van der Waals surface area (Å²) in [5.74, 6) is 1.57. The summed E-state index contributed by atoms with van der Waals surface area (Å²) in [6.07, 6.45) is 2.65. The predicted molar refractivity (Wildman–Crippen MR) is 148 cm³/mol. The number of nitrogens with one attached hydrogen (secondary N) is 2. The van der Waals surface area contributed by atoms with Gasteiger partial charge in [0.2, 0.25) is 11.6 Å². The number of aliphatic hydroxyl groups is 1. The van der Waals surface area contributed by atoms with E-state index in [4.69, 9.17) is 9.15 Å². The number of amides is 1. The quantitative estimate of drug-likeness (QED) is 0.216. The zero-order valence-electron chi connectivity index (χ0n) is 20.7. The maximum atomic E-state index is 11.8. The van der Waals surface area contributed by atoms with E-state index in [0.29, 0.717) is 28.4 Å². The minimum atomic E-state index is -0.391. The van der Waals surface area contributed by atoms with E-state index in [-0.39, 0.29) is 12.5 Å². The number of rotatable bonds is 9. The molecule has 5 rings (SSSR count). The first-order chi connectivity index (χ1) is 18.6. The lowest BCUT2D eigenvalue weighted by atomic mass is 9.98. The average molecular weight is 507 g/mol. The van der Waals surface area contributed by atoms with Gasteiger partial charge in [0.05, 0.1) is 25.1 Å². The standard InChI is InChI=1S/C30H26N4O4/c1-3-25(36)33-22-13-9-20(10-14-22)26-27-29(34-24(17-35)19-7-5-4-6-8-19)31-18-32-30(27)38-28(26)21-11-15-23(37-2)16-12-21/h3-16,18,24,35H,1,17H2,2H3,(H,33,36)(H,31,32,34)/t24-/m1/s1. The van der Waals surface area contributed by atoms with Crippen molar-refractivity contribution >= 4 is 28.5 Å². The Hall–Kier alpha value is -4.95. The van der Waals surface area contributed by atoms with E-state index in [1.54, 1.807) is 7.11 Å². The molecule has 0 saturated carbocycles. The molecule has 0 radical (unpaired) electrons. The molecule has 0 aliphatic carbocycles. The topological polar surface area (TPSA) is 110 Å². The Morgan fingerprint density at radius 3 is 2.39 bits per heavy atom. The van der Waals surface area contributed by atoms with E-state index in [2.05, 4.69) is 27.2 Å². The molecule has 0 unspecified atom stereocenters. The van der Waals surface area contributed by atoms with E-state index in [0.717, 1.165) is 28.0 Å². The number of ether oxygens (including phenoxy) is 1. The Labute approximate surface area is 219 Å². The van der Waals surface area contributed by atoms with E-state index in [1.165, 1.54) is 12.4 Å². The minimum Gasteiger partial charge on any atom is -0.497 e. The van der Waals surface area contributed by atoms with Crippen LogP contribution < -0.4 is 15.4 Å². The molecule has 5 aromatic rings. The van der Waals surface area contributed by atoms with Gasteiger partial charge < -0.3 is 24.9 Å². The summed E-state index contributed by atoms with van der Waals surface area (Å²) in [5.41, 5.74) is 4.40. The molecule has 8 heteroatoms. The molecular weight excluding hydrogens is 480 g/mol. The second kappa shape index (κ2) is 11.0. The van der Waals surface area contributed by atoms with Gasteiger partial charge in [0.1, 0.15) is 23.7 Å². The number of benzene rings is 3. The lowest BCUT2D eigenvalue weighted by Gasteiger charge is -2.18. The van der Waals surface area contributed by atoms with Crippen molar-refractivity contribution < 1.29 is 19.1 Å². The smallest absolute Gasteiger partial charge is 0.247 e.